The molecule has 0 bridgehead atoms. The van der Waals surface area contributed by atoms with Gasteiger partial charge in [-0.05, 0) is 36.5 Å². The third kappa shape index (κ3) is 6.20. The number of benzene rings is 1. The van der Waals surface area contributed by atoms with Crippen LogP contribution in [-0.2, 0) is 20.8 Å². The van der Waals surface area contributed by atoms with Gasteiger partial charge in [0.1, 0.15) is 8.90 Å². The summed E-state index contributed by atoms with van der Waals surface area (Å²) in [6, 6.07) is 2.93. The van der Waals surface area contributed by atoms with Crippen LogP contribution in [0.1, 0.15) is 49.7 Å². The van der Waals surface area contributed by atoms with Crippen LogP contribution in [0.5, 0.6) is 0 Å². The molecule has 3 rings (SSSR count). The van der Waals surface area contributed by atoms with Gasteiger partial charge >= 0.3 is 11.3 Å². The Hall–Kier alpha value is -1.72. The van der Waals surface area contributed by atoms with Gasteiger partial charge in [0.25, 0.3) is 20.7 Å². The summed E-state index contributed by atoms with van der Waals surface area (Å²) < 4.78 is 64.9. The highest BCUT2D eigenvalue weighted by molar-refractivity contribution is 9.34. The van der Waals surface area contributed by atoms with E-state index in [1.807, 2.05) is 0 Å². The number of aromatic nitrogens is 1. The summed E-state index contributed by atoms with van der Waals surface area (Å²) >= 11 is 3.38. The molecule has 1 aromatic heterocycles. The monoisotopic (exact) mass is 551 g/mol. The largest absolute Gasteiger partial charge is 0.417 e. The minimum atomic E-state index is -4.89. The summed E-state index contributed by atoms with van der Waals surface area (Å²) in [6.45, 7) is 0. The molecule has 1 N–H and O–H groups in total. The molecule has 1 heterocycles. The van der Waals surface area contributed by atoms with E-state index < -0.39 is 41.3 Å². The number of anilines is 1. The molecule has 0 aliphatic heterocycles. The number of nitrogens with zero attached hydrogens (tertiary/aromatic N) is 1. The van der Waals surface area contributed by atoms with Crippen molar-refractivity contribution in [2.75, 3.05) is 11.6 Å². The fourth-order valence-corrected chi connectivity index (χ4v) is 6.09. The van der Waals surface area contributed by atoms with Gasteiger partial charge in [0.15, 0.2) is 15.2 Å². The molecular formula is C21H23BrF3N2O3S2+. The molecule has 1 saturated carbocycles. The third-order valence-electron chi connectivity index (χ3n) is 5.32. The van der Waals surface area contributed by atoms with Crippen molar-refractivity contribution in [1.29, 1.82) is 0 Å². The van der Waals surface area contributed by atoms with E-state index in [0.717, 1.165) is 56.9 Å². The van der Waals surface area contributed by atoms with E-state index in [0.29, 0.717) is 5.13 Å². The normalized spacial score (nSPS) is 17.2. The molecule has 2 aromatic rings. The smallest absolute Gasteiger partial charge is 0.269 e. The second-order valence-electron chi connectivity index (χ2n) is 7.77. The summed E-state index contributed by atoms with van der Waals surface area (Å²) in [5.74, 6) is -0.526. The topological polar surface area (TPSA) is 76.1 Å². The molecule has 0 saturated heterocycles. The number of allylic oxidation sites excluding steroid dienone is 1. The number of thiazole rings is 1. The van der Waals surface area contributed by atoms with E-state index in [1.165, 1.54) is 12.3 Å². The van der Waals surface area contributed by atoms with E-state index in [2.05, 4.69) is 25.1 Å². The molecule has 1 aliphatic rings. The van der Waals surface area contributed by atoms with Gasteiger partial charge in [0.2, 0.25) is 0 Å². The predicted octanol–water partition coefficient (Wildman–Crippen LogP) is 6.40. The Morgan fingerprint density at radius 1 is 1.22 bits per heavy atom. The Kier molecular flexibility index (Phi) is 7.82. The lowest BCUT2D eigenvalue weighted by atomic mass is 9.93. The second-order valence-corrected chi connectivity index (χ2v) is 13.1. The minimum absolute atomic E-state index is 0.0208. The van der Waals surface area contributed by atoms with E-state index in [4.69, 9.17) is 0 Å². The molecule has 11 heteroatoms. The molecule has 1 aromatic carbocycles. The zero-order chi connectivity index (χ0) is 23.5. The van der Waals surface area contributed by atoms with Crippen molar-refractivity contribution in [3.8, 4) is 0 Å². The number of carbonyl (C=O) groups is 1. The first-order valence-electron chi connectivity index (χ1n) is 10.1. The van der Waals surface area contributed by atoms with Crippen LogP contribution in [0.3, 0.4) is 0 Å². The van der Waals surface area contributed by atoms with Gasteiger partial charge in [-0.15, -0.1) is 0 Å². The standard InChI is InChI=1S/C21H22BrF3N2O3S2/c1-32(29,30)18-9-8-15(13-17(18)21(23,24)25)16(12-14-6-4-2-3-5-7-14)19(28)27-20-26-10-11-31(20)22/h8-14H,2-7H2,1H3/p+1. The number of hydrogen-bond donors (Lipinski definition) is 1. The van der Waals surface area contributed by atoms with Gasteiger partial charge in [-0.1, -0.05) is 37.8 Å². The summed E-state index contributed by atoms with van der Waals surface area (Å²) in [4.78, 5) is 16.4. The Morgan fingerprint density at radius 3 is 2.41 bits per heavy atom. The zero-order valence-corrected chi connectivity index (χ0v) is 20.5. The predicted molar refractivity (Wildman–Crippen MR) is 123 cm³/mol. The van der Waals surface area contributed by atoms with Crippen LogP contribution >= 0.6 is 23.7 Å². The maximum atomic E-state index is 13.7. The summed E-state index contributed by atoms with van der Waals surface area (Å²) in [7, 11) is -4.69. The maximum absolute atomic E-state index is 13.7. The number of nitrogens with one attached hydrogen (secondary N) is 1. The summed E-state index contributed by atoms with van der Waals surface area (Å²) in [6.07, 6.45) is 4.93. The van der Waals surface area contributed by atoms with Crippen molar-refractivity contribution in [2.24, 2.45) is 5.92 Å². The van der Waals surface area contributed by atoms with Crippen molar-refractivity contribution < 1.29 is 26.4 Å². The number of hydrogen-bond acceptors (Lipinski definition) is 4. The molecule has 0 spiro atoms. The summed E-state index contributed by atoms with van der Waals surface area (Å²) in [5, 5.41) is 4.79. The van der Waals surface area contributed by atoms with Crippen molar-refractivity contribution in [2.45, 2.75) is 49.6 Å². The van der Waals surface area contributed by atoms with Gasteiger partial charge in [-0.25, -0.2) is 8.42 Å². The molecule has 1 atom stereocenters. The molecule has 174 valence electrons. The van der Waals surface area contributed by atoms with Crippen LogP contribution in [-0.4, -0.2) is 25.6 Å². The summed E-state index contributed by atoms with van der Waals surface area (Å²) in [5.41, 5.74) is -1.17. The third-order valence-corrected chi connectivity index (χ3v) is 8.98. The number of amides is 1. The van der Waals surface area contributed by atoms with Crippen LogP contribution in [0.15, 0.2) is 40.7 Å². The maximum Gasteiger partial charge on any atom is 0.417 e. The molecular weight excluding hydrogens is 529 g/mol. The fourth-order valence-electron chi connectivity index (χ4n) is 3.77. The molecule has 1 amide bonds. The quantitative estimate of drug-likeness (QED) is 0.265. The highest BCUT2D eigenvalue weighted by atomic mass is 79.9. The number of alkyl halides is 3. The van der Waals surface area contributed by atoms with Gasteiger partial charge in [-0.3, -0.25) is 10.1 Å². The van der Waals surface area contributed by atoms with Crippen LogP contribution in [0.25, 0.3) is 5.57 Å². The molecule has 1 fully saturated rings. The van der Waals surface area contributed by atoms with E-state index in [-0.39, 0.29) is 17.1 Å². The van der Waals surface area contributed by atoms with Crippen molar-refractivity contribution in [3.63, 3.8) is 0 Å². The fraction of sp³-hybridized carbons (Fsp3) is 0.429. The van der Waals surface area contributed by atoms with Crippen molar-refractivity contribution >= 4 is 50.2 Å². The van der Waals surface area contributed by atoms with Crippen LogP contribution in [0.2, 0.25) is 0 Å². The number of halogens is 4. The van der Waals surface area contributed by atoms with Crippen molar-refractivity contribution in [3.05, 3.63) is 47.0 Å². The molecule has 0 radical (unpaired) electrons. The average Bonchev–Trinajstić information content (AvgIpc) is 2.94. The van der Waals surface area contributed by atoms with Crippen LogP contribution < -0.4 is 5.32 Å². The first-order chi connectivity index (χ1) is 15.0. The van der Waals surface area contributed by atoms with Gasteiger partial charge < -0.3 is 0 Å². The van der Waals surface area contributed by atoms with E-state index >= 15 is 0 Å². The Labute approximate surface area is 195 Å². The van der Waals surface area contributed by atoms with Crippen LogP contribution in [0, 0.1) is 5.92 Å². The molecule has 32 heavy (non-hydrogen) atoms. The Bertz CT molecular complexity index is 1120. The highest BCUT2D eigenvalue weighted by Gasteiger charge is 2.37. The van der Waals surface area contributed by atoms with Crippen molar-refractivity contribution in [1.82, 2.24) is 4.98 Å². The molecule has 5 nitrogen and oxygen atoms in total. The Balaban J connectivity index is 2.10. The second kappa shape index (κ2) is 10.0. The lowest BCUT2D eigenvalue weighted by molar-refractivity contribution is -0.139. The lowest BCUT2D eigenvalue weighted by Crippen LogP contribution is -2.17. The van der Waals surface area contributed by atoms with Gasteiger partial charge in [0.05, 0.1) is 16.7 Å². The van der Waals surface area contributed by atoms with Gasteiger partial charge in [-0.2, -0.15) is 18.2 Å². The first-order valence-corrected chi connectivity index (χ1v) is 15.1. The average molecular weight is 552 g/mol. The van der Waals surface area contributed by atoms with E-state index in [1.54, 1.807) is 11.5 Å². The number of sulfone groups is 1. The molecule has 1 aliphatic carbocycles. The van der Waals surface area contributed by atoms with Crippen LogP contribution in [0.4, 0.5) is 18.3 Å². The van der Waals surface area contributed by atoms with E-state index in [9.17, 15) is 26.4 Å². The Morgan fingerprint density at radius 2 is 1.88 bits per heavy atom. The SMILES string of the molecule is CS(=O)(=O)c1ccc(C(=CC2CCCCCC2)C(=O)Nc2ncc[s+]2Br)cc1C(F)(F)F. The lowest BCUT2D eigenvalue weighted by Gasteiger charge is -2.16. The first kappa shape index (κ1) is 24.9. The van der Waals surface area contributed by atoms with Gasteiger partial charge in [0, 0.05) is 11.8 Å². The number of carbonyl (C=O) groups excluding carboxylic acids is 1. The molecule has 1 unspecified atom stereocenters. The minimum Gasteiger partial charge on any atom is -0.269 e. The number of rotatable bonds is 5. The zero-order valence-electron chi connectivity index (χ0n) is 17.3. The highest BCUT2D eigenvalue weighted by Crippen LogP contribution is 2.38.